The number of benzene rings is 2. The quantitative estimate of drug-likeness (QED) is 0.604. The molecule has 1 heterocycles. The molecular formula is C18H12ClNO6. The van der Waals surface area contributed by atoms with Gasteiger partial charge in [-0.05, 0) is 30.3 Å². The van der Waals surface area contributed by atoms with Crippen LogP contribution in [0.3, 0.4) is 0 Å². The summed E-state index contributed by atoms with van der Waals surface area (Å²) in [6.07, 6.45) is 0. The number of hydrogen-bond acceptors (Lipinski definition) is 6. The minimum absolute atomic E-state index is 0.0558. The van der Waals surface area contributed by atoms with Crippen molar-refractivity contribution in [2.45, 2.75) is 0 Å². The van der Waals surface area contributed by atoms with E-state index in [4.69, 9.17) is 16.3 Å². The molecule has 132 valence electrons. The maximum atomic E-state index is 12.5. The molecule has 0 unspecified atom stereocenters. The molecule has 3 rings (SSSR count). The predicted molar refractivity (Wildman–Crippen MR) is 91.3 cm³/mol. The number of anilines is 1. The van der Waals surface area contributed by atoms with Gasteiger partial charge in [-0.15, -0.1) is 0 Å². The summed E-state index contributed by atoms with van der Waals surface area (Å²) in [5, 5.41) is 0.0558. The van der Waals surface area contributed by atoms with E-state index in [1.54, 1.807) is 24.3 Å². The molecule has 0 fully saturated rings. The van der Waals surface area contributed by atoms with Gasteiger partial charge in [0.2, 0.25) is 0 Å². The van der Waals surface area contributed by atoms with E-state index in [0.29, 0.717) is 0 Å². The molecule has 7 nitrogen and oxygen atoms in total. The van der Waals surface area contributed by atoms with Gasteiger partial charge in [0.15, 0.2) is 6.61 Å². The zero-order chi connectivity index (χ0) is 18.8. The van der Waals surface area contributed by atoms with Crippen molar-refractivity contribution < 1.29 is 28.7 Å². The lowest BCUT2D eigenvalue weighted by molar-refractivity contribution is -0.144. The van der Waals surface area contributed by atoms with Crippen molar-refractivity contribution in [2.75, 3.05) is 18.6 Å². The van der Waals surface area contributed by atoms with Gasteiger partial charge in [0.25, 0.3) is 11.8 Å². The van der Waals surface area contributed by atoms with E-state index in [2.05, 4.69) is 4.74 Å². The van der Waals surface area contributed by atoms with E-state index in [1.807, 2.05) is 0 Å². The molecule has 8 heteroatoms. The second-order valence-electron chi connectivity index (χ2n) is 5.31. The van der Waals surface area contributed by atoms with Gasteiger partial charge in [-0.1, -0.05) is 23.7 Å². The van der Waals surface area contributed by atoms with Crippen LogP contribution in [0, 0.1) is 0 Å². The molecule has 2 amide bonds. The minimum Gasteiger partial charge on any atom is -0.466 e. The summed E-state index contributed by atoms with van der Waals surface area (Å²) in [6.45, 7) is -0.580. The molecule has 26 heavy (non-hydrogen) atoms. The van der Waals surface area contributed by atoms with Gasteiger partial charge in [0, 0.05) is 0 Å². The number of amides is 2. The molecule has 2 aromatic rings. The standard InChI is InChI=1S/C18H12ClNO6/c1-25-15(21)9-26-18(24)13-8-10(6-7-14(13)19)20-16(22)11-4-2-3-5-12(11)17(20)23/h2-8H,9H2,1H3. The van der Waals surface area contributed by atoms with Crippen molar-refractivity contribution >= 4 is 41.0 Å². The van der Waals surface area contributed by atoms with Crippen LogP contribution in [-0.2, 0) is 14.3 Å². The summed E-state index contributed by atoms with van der Waals surface area (Å²) in [4.78, 5) is 49.2. The first kappa shape index (κ1) is 17.6. The van der Waals surface area contributed by atoms with Gasteiger partial charge >= 0.3 is 11.9 Å². The Morgan fingerprint density at radius 1 is 1.04 bits per heavy atom. The van der Waals surface area contributed by atoms with E-state index >= 15 is 0 Å². The maximum absolute atomic E-state index is 12.5. The van der Waals surface area contributed by atoms with Crippen molar-refractivity contribution in [1.82, 2.24) is 0 Å². The second kappa shape index (κ2) is 6.97. The number of carbonyl (C=O) groups excluding carboxylic acids is 4. The predicted octanol–water partition coefficient (Wildman–Crippen LogP) is 2.47. The summed E-state index contributed by atoms with van der Waals surface area (Å²) >= 11 is 6.00. The van der Waals surface area contributed by atoms with Crippen LogP contribution in [0.4, 0.5) is 5.69 Å². The van der Waals surface area contributed by atoms with Gasteiger partial charge in [-0.3, -0.25) is 9.59 Å². The molecule has 1 aliphatic heterocycles. The highest BCUT2D eigenvalue weighted by atomic mass is 35.5. The van der Waals surface area contributed by atoms with Crippen LogP contribution in [0.25, 0.3) is 0 Å². The van der Waals surface area contributed by atoms with Gasteiger partial charge in [0.05, 0.1) is 34.5 Å². The number of fused-ring (bicyclic) bond motifs is 1. The van der Waals surface area contributed by atoms with Gasteiger partial charge in [0.1, 0.15) is 0 Å². The van der Waals surface area contributed by atoms with Crippen LogP contribution in [-0.4, -0.2) is 37.5 Å². The largest absolute Gasteiger partial charge is 0.466 e. The minimum atomic E-state index is -0.876. The summed E-state index contributed by atoms with van der Waals surface area (Å²) in [5.41, 5.74) is 0.653. The second-order valence-corrected chi connectivity index (χ2v) is 5.71. The Balaban J connectivity index is 1.91. The molecule has 0 spiro atoms. The van der Waals surface area contributed by atoms with Crippen LogP contribution in [0.1, 0.15) is 31.1 Å². The van der Waals surface area contributed by atoms with Gasteiger partial charge in [-0.25, -0.2) is 14.5 Å². The van der Waals surface area contributed by atoms with Crippen molar-refractivity contribution in [1.29, 1.82) is 0 Å². The smallest absolute Gasteiger partial charge is 0.344 e. The molecule has 0 radical (unpaired) electrons. The molecule has 0 bridgehead atoms. The number of hydrogen-bond donors (Lipinski definition) is 0. The topological polar surface area (TPSA) is 90.0 Å². The number of ether oxygens (including phenoxy) is 2. The Morgan fingerprint density at radius 2 is 1.65 bits per heavy atom. The van der Waals surface area contributed by atoms with E-state index in [-0.39, 0.29) is 27.4 Å². The summed E-state index contributed by atoms with van der Waals surface area (Å²) in [5.74, 6) is -2.60. The van der Waals surface area contributed by atoms with Gasteiger partial charge < -0.3 is 9.47 Å². The Kier molecular flexibility index (Phi) is 4.73. The van der Waals surface area contributed by atoms with Crippen molar-refractivity contribution in [3.05, 3.63) is 64.2 Å². The normalized spacial score (nSPS) is 12.8. The zero-order valence-corrected chi connectivity index (χ0v) is 14.3. The van der Waals surface area contributed by atoms with Crippen molar-refractivity contribution in [3.63, 3.8) is 0 Å². The zero-order valence-electron chi connectivity index (χ0n) is 13.5. The maximum Gasteiger partial charge on any atom is 0.344 e. The van der Waals surface area contributed by atoms with E-state index in [9.17, 15) is 19.2 Å². The van der Waals surface area contributed by atoms with Crippen LogP contribution in [0.2, 0.25) is 5.02 Å². The van der Waals surface area contributed by atoms with E-state index in [0.717, 1.165) is 12.0 Å². The van der Waals surface area contributed by atoms with E-state index in [1.165, 1.54) is 18.2 Å². The number of esters is 2. The molecular weight excluding hydrogens is 362 g/mol. The molecule has 2 aromatic carbocycles. The van der Waals surface area contributed by atoms with Crippen LogP contribution in [0.15, 0.2) is 42.5 Å². The molecule has 1 aliphatic rings. The van der Waals surface area contributed by atoms with Gasteiger partial charge in [-0.2, -0.15) is 0 Å². The lowest BCUT2D eigenvalue weighted by Gasteiger charge is -2.15. The average Bonchev–Trinajstić information content (AvgIpc) is 2.91. The first-order valence-electron chi connectivity index (χ1n) is 7.45. The average molecular weight is 374 g/mol. The number of methoxy groups -OCH3 is 1. The third-order valence-corrected chi connectivity index (χ3v) is 4.10. The highest BCUT2D eigenvalue weighted by Gasteiger charge is 2.36. The summed E-state index contributed by atoms with van der Waals surface area (Å²) in [6, 6.07) is 10.5. The Morgan fingerprint density at radius 3 is 2.23 bits per heavy atom. The molecule has 0 atom stereocenters. The molecule has 0 N–H and O–H groups in total. The monoisotopic (exact) mass is 373 g/mol. The number of imide groups is 1. The molecule has 0 saturated carbocycles. The van der Waals surface area contributed by atoms with E-state index < -0.39 is 30.4 Å². The number of rotatable bonds is 4. The summed E-state index contributed by atoms with van der Waals surface area (Å²) < 4.78 is 9.20. The number of halogens is 1. The fraction of sp³-hybridized carbons (Fsp3) is 0.111. The highest BCUT2D eigenvalue weighted by molar-refractivity contribution is 6.36. The Labute approximate surface area is 153 Å². The SMILES string of the molecule is COC(=O)COC(=O)c1cc(N2C(=O)c3ccccc3C2=O)ccc1Cl. The van der Waals surface area contributed by atoms with Crippen molar-refractivity contribution in [2.24, 2.45) is 0 Å². The first-order chi connectivity index (χ1) is 12.4. The molecule has 0 saturated heterocycles. The summed E-state index contributed by atoms with van der Waals surface area (Å²) in [7, 11) is 1.16. The Hall–Kier alpha value is -3.19. The molecule has 0 aliphatic carbocycles. The number of nitrogens with zero attached hydrogens (tertiary/aromatic N) is 1. The third-order valence-electron chi connectivity index (χ3n) is 3.77. The van der Waals surface area contributed by atoms with Crippen LogP contribution >= 0.6 is 11.6 Å². The third kappa shape index (κ3) is 3.04. The number of carbonyl (C=O) groups is 4. The van der Waals surface area contributed by atoms with Crippen LogP contribution < -0.4 is 4.90 Å². The fourth-order valence-corrected chi connectivity index (χ4v) is 2.69. The lowest BCUT2D eigenvalue weighted by atomic mass is 10.1. The first-order valence-corrected chi connectivity index (χ1v) is 7.83. The fourth-order valence-electron chi connectivity index (χ4n) is 2.49. The highest BCUT2D eigenvalue weighted by Crippen LogP contribution is 2.31. The lowest BCUT2D eigenvalue weighted by Crippen LogP contribution is -2.29. The van der Waals surface area contributed by atoms with Crippen LogP contribution in [0.5, 0.6) is 0 Å². The Bertz CT molecular complexity index is 904. The molecule has 0 aromatic heterocycles. The van der Waals surface area contributed by atoms with Crippen molar-refractivity contribution in [3.8, 4) is 0 Å².